The number of halogens is 1. The number of benzene rings is 2. The Morgan fingerprint density at radius 1 is 1.17 bits per heavy atom. The van der Waals surface area contributed by atoms with Crippen molar-refractivity contribution >= 4 is 17.4 Å². The molecule has 0 unspecified atom stereocenters. The average Bonchev–Trinajstić information content (AvgIpc) is 2.54. The van der Waals surface area contributed by atoms with Crippen molar-refractivity contribution < 1.29 is 24.0 Å². The Kier molecular flexibility index (Phi) is 5.00. The predicted octanol–water partition coefficient (Wildman–Crippen LogP) is 1.92. The lowest BCUT2D eigenvalue weighted by molar-refractivity contribution is -0.387. The molecule has 0 aliphatic carbocycles. The summed E-state index contributed by atoms with van der Waals surface area (Å²) in [6, 6.07) is 7.91. The van der Waals surface area contributed by atoms with E-state index in [0.717, 1.165) is 12.1 Å². The summed E-state index contributed by atoms with van der Waals surface area (Å²) in [5, 5.41) is 19.3. The van der Waals surface area contributed by atoms with Crippen LogP contribution in [0.1, 0.15) is 21.5 Å². The highest BCUT2D eigenvalue weighted by atomic mass is 19.1. The number of rotatable bonds is 6. The number of aliphatic carboxylic acids is 1. The van der Waals surface area contributed by atoms with Crippen molar-refractivity contribution in [3.63, 3.8) is 0 Å². The standard InChI is InChI=1S/C16H13FN2O5/c17-12-8-11(5-6-14(12)19(23)24)15(20)10-3-1-9(2-4-10)7-13(18)16(21)22/h1-6,8,13H,7,18H2,(H,21,22)/t13-/m0/s1. The summed E-state index contributed by atoms with van der Waals surface area (Å²) >= 11 is 0. The van der Waals surface area contributed by atoms with Crippen LogP contribution in [0.2, 0.25) is 0 Å². The lowest BCUT2D eigenvalue weighted by Crippen LogP contribution is -2.32. The third-order valence-electron chi connectivity index (χ3n) is 3.40. The molecule has 2 rings (SSSR count). The fourth-order valence-corrected chi connectivity index (χ4v) is 2.10. The molecule has 0 aliphatic heterocycles. The summed E-state index contributed by atoms with van der Waals surface area (Å²) in [6.07, 6.45) is 0.107. The van der Waals surface area contributed by atoms with E-state index < -0.39 is 34.2 Å². The number of nitro groups is 1. The minimum Gasteiger partial charge on any atom is -0.480 e. The molecule has 0 amide bonds. The number of carboxylic acids is 1. The van der Waals surface area contributed by atoms with Crippen molar-refractivity contribution in [1.82, 2.24) is 0 Å². The molecule has 0 spiro atoms. The number of hydrogen-bond acceptors (Lipinski definition) is 5. The molecule has 2 aromatic carbocycles. The van der Waals surface area contributed by atoms with Gasteiger partial charge in [0.2, 0.25) is 5.82 Å². The Labute approximate surface area is 135 Å². The average molecular weight is 332 g/mol. The first-order valence-electron chi connectivity index (χ1n) is 6.85. The van der Waals surface area contributed by atoms with Gasteiger partial charge >= 0.3 is 11.7 Å². The lowest BCUT2D eigenvalue weighted by atomic mass is 9.99. The number of carboxylic acid groups (broad SMARTS) is 1. The Bertz CT molecular complexity index is 805. The van der Waals surface area contributed by atoms with Gasteiger partial charge in [-0.1, -0.05) is 24.3 Å². The molecule has 124 valence electrons. The zero-order valence-electron chi connectivity index (χ0n) is 12.3. The third-order valence-corrected chi connectivity index (χ3v) is 3.40. The summed E-state index contributed by atoms with van der Waals surface area (Å²) in [7, 11) is 0. The molecule has 0 saturated heterocycles. The molecule has 3 N–H and O–H groups in total. The van der Waals surface area contributed by atoms with E-state index in [1.807, 2.05) is 0 Å². The van der Waals surface area contributed by atoms with Crippen LogP contribution in [0, 0.1) is 15.9 Å². The van der Waals surface area contributed by atoms with Crippen molar-refractivity contribution in [2.75, 3.05) is 0 Å². The van der Waals surface area contributed by atoms with E-state index in [1.54, 1.807) is 12.1 Å². The monoisotopic (exact) mass is 332 g/mol. The van der Waals surface area contributed by atoms with Gasteiger partial charge < -0.3 is 10.8 Å². The fraction of sp³-hybridized carbons (Fsp3) is 0.125. The van der Waals surface area contributed by atoms with Crippen molar-refractivity contribution in [1.29, 1.82) is 0 Å². The number of nitro benzene ring substituents is 1. The zero-order chi connectivity index (χ0) is 17.9. The minimum absolute atomic E-state index is 0.0203. The molecule has 8 heteroatoms. The summed E-state index contributed by atoms with van der Waals surface area (Å²) in [4.78, 5) is 32.7. The quantitative estimate of drug-likeness (QED) is 0.473. The van der Waals surface area contributed by atoms with Crippen LogP contribution in [0.4, 0.5) is 10.1 Å². The Morgan fingerprint density at radius 3 is 2.25 bits per heavy atom. The minimum atomic E-state index is -1.13. The molecular weight excluding hydrogens is 319 g/mol. The number of ketones is 1. The van der Waals surface area contributed by atoms with Gasteiger partial charge in [0.15, 0.2) is 5.78 Å². The van der Waals surface area contributed by atoms with E-state index in [2.05, 4.69) is 0 Å². The van der Waals surface area contributed by atoms with Crippen molar-refractivity contribution in [3.8, 4) is 0 Å². The van der Waals surface area contributed by atoms with Crippen LogP contribution in [-0.2, 0) is 11.2 Å². The fourth-order valence-electron chi connectivity index (χ4n) is 2.10. The van der Waals surface area contributed by atoms with E-state index >= 15 is 0 Å². The first-order valence-corrected chi connectivity index (χ1v) is 6.85. The number of nitrogens with zero attached hydrogens (tertiary/aromatic N) is 1. The summed E-state index contributed by atoms with van der Waals surface area (Å²) in [5.41, 5.74) is 5.59. The molecule has 0 aliphatic rings. The molecule has 0 radical (unpaired) electrons. The second kappa shape index (κ2) is 6.97. The van der Waals surface area contributed by atoms with E-state index in [9.17, 15) is 24.1 Å². The largest absolute Gasteiger partial charge is 0.480 e. The van der Waals surface area contributed by atoms with Gasteiger partial charge in [-0.25, -0.2) is 0 Å². The van der Waals surface area contributed by atoms with Gasteiger partial charge in [0.25, 0.3) is 0 Å². The third kappa shape index (κ3) is 3.79. The van der Waals surface area contributed by atoms with E-state index in [0.29, 0.717) is 5.56 Å². The highest BCUT2D eigenvalue weighted by Crippen LogP contribution is 2.20. The topological polar surface area (TPSA) is 124 Å². The molecule has 2 aromatic rings. The molecule has 7 nitrogen and oxygen atoms in total. The van der Waals surface area contributed by atoms with E-state index in [4.69, 9.17) is 10.8 Å². The van der Waals surface area contributed by atoms with Crippen LogP contribution >= 0.6 is 0 Å². The molecule has 24 heavy (non-hydrogen) atoms. The maximum absolute atomic E-state index is 13.6. The van der Waals surface area contributed by atoms with Gasteiger partial charge in [-0.2, -0.15) is 4.39 Å². The smallest absolute Gasteiger partial charge is 0.320 e. The summed E-state index contributed by atoms with van der Waals surface area (Å²) < 4.78 is 13.6. The van der Waals surface area contributed by atoms with Crippen LogP contribution in [0.15, 0.2) is 42.5 Å². The maximum Gasteiger partial charge on any atom is 0.320 e. The van der Waals surface area contributed by atoms with Crippen LogP contribution in [-0.4, -0.2) is 27.8 Å². The SMILES string of the molecule is N[C@@H](Cc1ccc(C(=O)c2ccc([N+](=O)[O-])c(F)c2)cc1)C(=O)O. The van der Waals surface area contributed by atoms with Gasteiger partial charge in [-0.3, -0.25) is 19.7 Å². The van der Waals surface area contributed by atoms with Gasteiger partial charge in [-0.15, -0.1) is 0 Å². The number of carbonyl (C=O) groups excluding carboxylic acids is 1. The first-order chi connectivity index (χ1) is 11.3. The van der Waals surface area contributed by atoms with Crippen molar-refractivity contribution in [2.45, 2.75) is 12.5 Å². The molecule has 1 atom stereocenters. The Morgan fingerprint density at radius 2 is 1.75 bits per heavy atom. The summed E-state index contributed by atoms with van der Waals surface area (Å²) in [5.74, 6) is -2.72. The second-order valence-corrected chi connectivity index (χ2v) is 5.10. The molecule has 0 bridgehead atoms. The number of nitrogens with two attached hydrogens (primary N) is 1. The van der Waals surface area contributed by atoms with Crippen molar-refractivity contribution in [3.05, 3.63) is 75.1 Å². The van der Waals surface area contributed by atoms with Gasteiger partial charge in [0.1, 0.15) is 6.04 Å². The van der Waals surface area contributed by atoms with E-state index in [1.165, 1.54) is 18.2 Å². The number of hydrogen-bond donors (Lipinski definition) is 2. The Hall–Kier alpha value is -3.13. The van der Waals surface area contributed by atoms with E-state index in [-0.39, 0.29) is 17.5 Å². The van der Waals surface area contributed by atoms with Gasteiger partial charge in [-0.05, 0) is 24.1 Å². The van der Waals surface area contributed by atoms with Gasteiger partial charge in [0, 0.05) is 17.2 Å². The molecular formula is C16H13FN2O5. The first kappa shape index (κ1) is 17.2. The molecule has 0 heterocycles. The van der Waals surface area contributed by atoms with Gasteiger partial charge in [0.05, 0.1) is 4.92 Å². The Balaban J connectivity index is 2.20. The van der Waals surface area contributed by atoms with Crippen LogP contribution < -0.4 is 5.73 Å². The number of carbonyl (C=O) groups is 2. The second-order valence-electron chi connectivity index (χ2n) is 5.10. The molecule has 0 saturated carbocycles. The zero-order valence-corrected chi connectivity index (χ0v) is 12.3. The highest BCUT2D eigenvalue weighted by Gasteiger charge is 2.18. The highest BCUT2D eigenvalue weighted by molar-refractivity contribution is 6.09. The predicted molar refractivity (Wildman–Crippen MR) is 82.2 cm³/mol. The van der Waals surface area contributed by atoms with Crippen LogP contribution in [0.3, 0.4) is 0 Å². The lowest BCUT2D eigenvalue weighted by Gasteiger charge is -2.07. The van der Waals surface area contributed by atoms with Crippen LogP contribution in [0.25, 0.3) is 0 Å². The van der Waals surface area contributed by atoms with Crippen LogP contribution in [0.5, 0.6) is 0 Å². The maximum atomic E-state index is 13.6. The molecule has 0 fully saturated rings. The molecule has 0 aromatic heterocycles. The summed E-state index contributed by atoms with van der Waals surface area (Å²) in [6.45, 7) is 0. The normalized spacial score (nSPS) is 11.8. The van der Waals surface area contributed by atoms with Crippen molar-refractivity contribution in [2.24, 2.45) is 5.73 Å².